The lowest BCUT2D eigenvalue weighted by atomic mass is 9.87. The van der Waals surface area contributed by atoms with E-state index < -0.39 is 0 Å². The molecule has 2 bridgehead atoms. The van der Waals surface area contributed by atoms with E-state index in [4.69, 9.17) is 11.6 Å². The van der Waals surface area contributed by atoms with Crippen LogP contribution in [0.3, 0.4) is 0 Å². The minimum atomic E-state index is 0.455. The molecule has 0 saturated carbocycles. The molecule has 0 radical (unpaired) electrons. The molecule has 2 aliphatic heterocycles. The molecule has 1 N–H and O–H groups in total. The summed E-state index contributed by atoms with van der Waals surface area (Å²) >= 11 is 6.08. The monoisotopic (exact) mass is 159 g/mol. The maximum absolute atomic E-state index is 6.08. The van der Waals surface area contributed by atoms with Crippen LogP contribution >= 0.6 is 11.6 Å². The molecular weight excluding hydrogens is 146 g/mol. The zero-order chi connectivity index (χ0) is 6.97. The van der Waals surface area contributed by atoms with Crippen LogP contribution in [0.15, 0.2) is 0 Å². The first-order valence-electron chi connectivity index (χ1n) is 4.25. The Labute approximate surface area is 67.1 Å². The van der Waals surface area contributed by atoms with Gasteiger partial charge in [0.2, 0.25) is 0 Å². The van der Waals surface area contributed by atoms with Gasteiger partial charge in [-0.3, -0.25) is 0 Å². The predicted octanol–water partition coefficient (Wildman–Crippen LogP) is 1.90. The van der Waals surface area contributed by atoms with Crippen molar-refractivity contribution in [3.63, 3.8) is 0 Å². The van der Waals surface area contributed by atoms with Gasteiger partial charge >= 0.3 is 0 Å². The van der Waals surface area contributed by atoms with Crippen molar-refractivity contribution in [2.75, 3.05) is 0 Å². The Hall–Kier alpha value is 0.250. The number of fused-ring (bicyclic) bond motifs is 2. The Kier molecular flexibility index (Phi) is 1.88. The predicted molar refractivity (Wildman–Crippen MR) is 43.4 cm³/mol. The van der Waals surface area contributed by atoms with E-state index in [0.29, 0.717) is 5.38 Å². The van der Waals surface area contributed by atoms with Crippen molar-refractivity contribution in [2.24, 2.45) is 0 Å². The molecule has 0 aromatic heterocycles. The summed E-state index contributed by atoms with van der Waals surface area (Å²) in [5.41, 5.74) is 0. The molecule has 2 heterocycles. The molecule has 58 valence electrons. The first kappa shape index (κ1) is 6.93. The Morgan fingerprint density at radius 2 is 1.70 bits per heavy atom. The highest BCUT2D eigenvalue weighted by Gasteiger charge is 2.29. The summed E-state index contributed by atoms with van der Waals surface area (Å²) in [6.07, 6.45) is 6.49. The molecule has 10 heavy (non-hydrogen) atoms. The lowest BCUT2D eigenvalue weighted by Crippen LogP contribution is -2.48. The molecule has 0 amide bonds. The summed E-state index contributed by atoms with van der Waals surface area (Å²) in [5.74, 6) is 0. The fourth-order valence-electron chi connectivity index (χ4n) is 2.20. The van der Waals surface area contributed by atoms with Gasteiger partial charge in [-0.15, -0.1) is 11.6 Å². The number of halogens is 1. The molecule has 2 heteroatoms. The van der Waals surface area contributed by atoms with Crippen LogP contribution in [-0.4, -0.2) is 17.5 Å². The topological polar surface area (TPSA) is 12.0 Å². The lowest BCUT2D eigenvalue weighted by molar-refractivity contribution is 0.247. The summed E-state index contributed by atoms with van der Waals surface area (Å²) in [6.45, 7) is 0. The Bertz CT molecular complexity index is 110. The van der Waals surface area contributed by atoms with Crippen LogP contribution in [0, 0.1) is 0 Å². The molecule has 2 unspecified atom stereocenters. The van der Waals surface area contributed by atoms with Gasteiger partial charge in [0.1, 0.15) is 0 Å². The van der Waals surface area contributed by atoms with Gasteiger partial charge in [0.05, 0.1) is 0 Å². The molecule has 2 atom stereocenters. The number of nitrogens with one attached hydrogen (secondary N) is 1. The third kappa shape index (κ3) is 1.30. The normalized spacial score (nSPS) is 47.1. The van der Waals surface area contributed by atoms with Crippen molar-refractivity contribution in [3.8, 4) is 0 Å². The quantitative estimate of drug-likeness (QED) is 0.533. The van der Waals surface area contributed by atoms with Gasteiger partial charge in [0, 0.05) is 17.5 Å². The van der Waals surface area contributed by atoms with Crippen LogP contribution in [0.5, 0.6) is 0 Å². The second kappa shape index (κ2) is 2.71. The molecule has 0 spiro atoms. The van der Waals surface area contributed by atoms with Crippen molar-refractivity contribution < 1.29 is 0 Å². The molecule has 0 aromatic rings. The maximum Gasteiger partial charge on any atom is 0.0365 e. The first-order valence-corrected chi connectivity index (χ1v) is 4.68. The second-order valence-electron chi connectivity index (χ2n) is 3.56. The van der Waals surface area contributed by atoms with E-state index in [1.165, 1.54) is 32.1 Å². The SMILES string of the molecule is ClC1CC2CCCC(C1)N2. The standard InChI is InChI=1S/C8H14ClN/c9-6-4-7-2-1-3-8(5-6)10-7/h6-8,10H,1-5H2. The van der Waals surface area contributed by atoms with E-state index in [1.54, 1.807) is 0 Å². The molecule has 1 nitrogen and oxygen atoms in total. The van der Waals surface area contributed by atoms with Crippen LogP contribution in [0.25, 0.3) is 0 Å². The highest BCUT2D eigenvalue weighted by Crippen LogP contribution is 2.28. The van der Waals surface area contributed by atoms with E-state index in [0.717, 1.165) is 12.1 Å². The fraction of sp³-hybridized carbons (Fsp3) is 1.00. The molecule has 0 aliphatic carbocycles. The fourth-order valence-corrected chi connectivity index (χ4v) is 2.63. The first-order chi connectivity index (χ1) is 4.84. The molecule has 2 aliphatic rings. The number of hydrogen-bond acceptors (Lipinski definition) is 1. The zero-order valence-electron chi connectivity index (χ0n) is 6.15. The lowest BCUT2D eigenvalue weighted by Gasteiger charge is -2.38. The van der Waals surface area contributed by atoms with Gasteiger partial charge in [-0.1, -0.05) is 6.42 Å². The van der Waals surface area contributed by atoms with Crippen molar-refractivity contribution in [1.82, 2.24) is 5.32 Å². The van der Waals surface area contributed by atoms with E-state index in [9.17, 15) is 0 Å². The van der Waals surface area contributed by atoms with Crippen molar-refractivity contribution in [3.05, 3.63) is 0 Å². The summed E-state index contributed by atoms with van der Waals surface area (Å²) in [5, 5.41) is 4.05. The highest BCUT2D eigenvalue weighted by molar-refractivity contribution is 6.20. The molecule has 2 fully saturated rings. The third-order valence-electron chi connectivity index (χ3n) is 2.66. The van der Waals surface area contributed by atoms with Gasteiger partial charge in [0.15, 0.2) is 0 Å². The molecule has 2 saturated heterocycles. The Balaban J connectivity index is 1.98. The van der Waals surface area contributed by atoms with Crippen LogP contribution in [0.2, 0.25) is 0 Å². The number of alkyl halides is 1. The van der Waals surface area contributed by atoms with Gasteiger partial charge in [-0.2, -0.15) is 0 Å². The average Bonchev–Trinajstić information content (AvgIpc) is 1.85. The van der Waals surface area contributed by atoms with Crippen LogP contribution in [0.4, 0.5) is 0 Å². The smallest absolute Gasteiger partial charge is 0.0365 e. The number of piperidine rings is 2. The van der Waals surface area contributed by atoms with Crippen molar-refractivity contribution in [1.29, 1.82) is 0 Å². The van der Waals surface area contributed by atoms with E-state index in [2.05, 4.69) is 5.32 Å². The zero-order valence-corrected chi connectivity index (χ0v) is 6.90. The van der Waals surface area contributed by atoms with Crippen molar-refractivity contribution >= 4 is 11.6 Å². The molecular formula is C8H14ClN. The number of hydrogen-bond donors (Lipinski definition) is 1. The Morgan fingerprint density at radius 1 is 1.10 bits per heavy atom. The summed E-state index contributed by atoms with van der Waals surface area (Å²) in [7, 11) is 0. The Morgan fingerprint density at radius 3 is 2.30 bits per heavy atom. The van der Waals surface area contributed by atoms with Gasteiger partial charge in [-0.25, -0.2) is 0 Å². The third-order valence-corrected chi connectivity index (χ3v) is 3.01. The van der Waals surface area contributed by atoms with Crippen molar-refractivity contribution in [2.45, 2.75) is 49.6 Å². The summed E-state index contributed by atoms with van der Waals surface area (Å²) in [6, 6.07) is 1.49. The summed E-state index contributed by atoms with van der Waals surface area (Å²) < 4.78 is 0. The molecule has 0 aromatic carbocycles. The van der Waals surface area contributed by atoms with E-state index in [1.807, 2.05) is 0 Å². The summed E-state index contributed by atoms with van der Waals surface area (Å²) in [4.78, 5) is 0. The molecule has 2 rings (SSSR count). The van der Waals surface area contributed by atoms with E-state index in [-0.39, 0.29) is 0 Å². The highest BCUT2D eigenvalue weighted by atomic mass is 35.5. The largest absolute Gasteiger partial charge is 0.311 e. The second-order valence-corrected chi connectivity index (χ2v) is 4.18. The van der Waals surface area contributed by atoms with Crippen LogP contribution in [-0.2, 0) is 0 Å². The van der Waals surface area contributed by atoms with Crippen LogP contribution < -0.4 is 5.32 Å². The minimum absolute atomic E-state index is 0.455. The number of rotatable bonds is 0. The van der Waals surface area contributed by atoms with Gasteiger partial charge in [0.25, 0.3) is 0 Å². The maximum atomic E-state index is 6.08. The average molecular weight is 160 g/mol. The van der Waals surface area contributed by atoms with Crippen LogP contribution in [0.1, 0.15) is 32.1 Å². The van der Waals surface area contributed by atoms with Gasteiger partial charge < -0.3 is 5.32 Å². The van der Waals surface area contributed by atoms with E-state index >= 15 is 0 Å². The van der Waals surface area contributed by atoms with Gasteiger partial charge in [-0.05, 0) is 25.7 Å². The minimum Gasteiger partial charge on any atom is -0.311 e.